The number of carbonyl (C=O) groups excluding carboxylic acids is 2. The second-order valence-corrected chi connectivity index (χ2v) is 10.3. The molecular formula is C26H31N2O7P. The Kier molecular flexibility index (Phi) is 9.58. The van der Waals surface area contributed by atoms with E-state index in [2.05, 4.69) is 10.1 Å². The van der Waals surface area contributed by atoms with Gasteiger partial charge in [0, 0.05) is 18.0 Å². The minimum atomic E-state index is -4.19. The third-order valence-corrected chi connectivity index (χ3v) is 6.93. The third kappa shape index (κ3) is 7.62. The lowest BCUT2D eigenvalue weighted by atomic mass is 9.92. The van der Waals surface area contributed by atoms with E-state index in [1.807, 2.05) is 30.3 Å². The number of carbonyl (C=O) groups is 2. The average molecular weight is 515 g/mol. The van der Waals surface area contributed by atoms with Gasteiger partial charge in [-0.15, -0.1) is 0 Å². The molecule has 3 atom stereocenters. The van der Waals surface area contributed by atoms with Crippen LogP contribution in [0.2, 0.25) is 0 Å². The summed E-state index contributed by atoms with van der Waals surface area (Å²) in [7, 11) is -4.19. The Morgan fingerprint density at radius 2 is 1.81 bits per heavy atom. The van der Waals surface area contributed by atoms with Gasteiger partial charge >= 0.3 is 13.7 Å². The van der Waals surface area contributed by atoms with Crippen molar-refractivity contribution in [1.82, 2.24) is 5.09 Å². The molecule has 2 unspecified atom stereocenters. The summed E-state index contributed by atoms with van der Waals surface area (Å²) in [6.45, 7) is 4.92. The fraction of sp³-hybridized carbons (Fsp3) is 0.346. The van der Waals surface area contributed by atoms with Crippen LogP contribution in [0.15, 0.2) is 77.5 Å². The number of benzene rings is 2. The quantitative estimate of drug-likeness (QED) is 0.195. The van der Waals surface area contributed by atoms with Crippen LogP contribution in [0.5, 0.6) is 5.75 Å². The molecule has 1 aliphatic rings. The average Bonchev–Trinajstić information content (AvgIpc) is 2.85. The van der Waals surface area contributed by atoms with Crippen LogP contribution in [-0.2, 0) is 29.8 Å². The lowest BCUT2D eigenvalue weighted by Gasteiger charge is -2.27. The first-order valence-corrected chi connectivity index (χ1v) is 13.2. The molecule has 2 aromatic carbocycles. The molecule has 36 heavy (non-hydrogen) atoms. The number of aliphatic imine (C=N–C) groups is 1. The van der Waals surface area contributed by atoms with Crippen molar-refractivity contribution < 1.29 is 33.0 Å². The molecule has 0 spiro atoms. The van der Waals surface area contributed by atoms with Crippen LogP contribution in [-0.4, -0.2) is 47.9 Å². The van der Waals surface area contributed by atoms with E-state index >= 15 is 0 Å². The van der Waals surface area contributed by atoms with Crippen LogP contribution >= 0.6 is 7.75 Å². The molecule has 0 bridgehead atoms. The molecular weight excluding hydrogens is 483 g/mol. The Bertz CT molecular complexity index is 1150. The molecule has 2 N–H and O–H groups in total. The number of para-hydroxylation sites is 1. The molecule has 0 amide bonds. The largest absolute Gasteiger partial charge is 0.515 e. The number of esters is 1. The molecule has 1 heterocycles. The summed E-state index contributed by atoms with van der Waals surface area (Å²) in [5, 5.41) is 12.4. The molecule has 1 aliphatic heterocycles. The normalized spacial score (nSPS) is 19.4. The molecule has 0 saturated heterocycles. The molecule has 9 nitrogen and oxygen atoms in total. The van der Waals surface area contributed by atoms with E-state index in [1.165, 1.54) is 0 Å². The molecule has 2 aromatic rings. The van der Waals surface area contributed by atoms with Crippen molar-refractivity contribution in [2.75, 3.05) is 13.2 Å². The van der Waals surface area contributed by atoms with Crippen LogP contribution in [0, 0.1) is 5.92 Å². The zero-order valence-electron chi connectivity index (χ0n) is 20.5. The Labute approximate surface area is 210 Å². The Hall–Kier alpha value is -3.26. The topological polar surface area (TPSA) is 124 Å². The number of aliphatic hydroxyl groups is 1. The zero-order valence-corrected chi connectivity index (χ0v) is 21.4. The number of nitrogens with zero attached hydrogens (tertiary/aromatic N) is 1. The zero-order chi connectivity index (χ0) is 26.1. The van der Waals surface area contributed by atoms with Gasteiger partial charge in [0.25, 0.3) is 0 Å². The van der Waals surface area contributed by atoms with E-state index in [4.69, 9.17) is 13.8 Å². The molecule has 192 valence electrons. The van der Waals surface area contributed by atoms with Crippen LogP contribution in [0.1, 0.15) is 26.3 Å². The fourth-order valence-corrected chi connectivity index (χ4v) is 5.09. The number of hydrogen-bond donors (Lipinski definition) is 2. The summed E-state index contributed by atoms with van der Waals surface area (Å²) < 4.78 is 30.9. The summed E-state index contributed by atoms with van der Waals surface area (Å²) >= 11 is 0. The monoisotopic (exact) mass is 514 g/mol. The van der Waals surface area contributed by atoms with Gasteiger partial charge in [0.1, 0.15) is 11.8 Å². The van der Waals surface area contributed by atoms with E-state index in [0.29, 0.717) is 0 Å². The number of hydrogen-bond acceptors (Lipinski definition) is 8. The summed E-state index contributed by atoms with van der Waals surface area (Å²) in [6.07, 6.45) is 0.508. The molecule has 0 saturated carbocycles. The Morgan fingerprint density at radius 3 is 2.42 bits per heavy atom. The van der Waals surface area contributed by atoms with Gasteiger partial charge in [0.05, 0.1) is 24.7 Å². The van der Waals surface area contributed by atoms with Crippen molar-refractivity contribution in [2.24, 2.45) is 10.9 Å². The lowest BCUT2D eigenvalue weighted by Crippen LogP contribution is -2.41. The van der Waals surface area contributed by atoms with Gasteiger partial charge in [-0.1, -0.05) is 48.5 Å². The van der Waals surface area contributed by atoms with Gasteiger partial charge in [-0.05, 0) is 44.9 Å². The van der Waals surface area contributed by atoms with E-state index in [1.54, 1.807) is 51.1 Å². The van der Waals surface area contributed by atoms with Crippen molar-refractivity contribution in [3.8, 4) is 5.75 Å². The van der Waals surface area contributed by atoms with Crippen molar-refractivity contribution >= 4 is 25.2 Å². The molecule has 3 rings (SSSR count). The molecule has 0 aromatic heterocycles. The number of aliphatic hydroxyl groups excluding tert-OH is 1. The van der Waals surface area contributed by atoms with E-state index < -0.39 is 31.5 Å². The third-order valence-electron chi connectivity index (χ3n) is 5.37. The van der Waals surface area contributed by atoms with Crippen molar-refractivity contribution in [1.29, 1.82) is 0 Å². The van der Waals surface area contributed by atoms with Gasteiger partial charge < -0.3 is 14.4 Å². The van der Waals surface area contributed by atoms with Gasteiger partial charge in [0.2, 0.25) is 5.78 Å². The summed E-state index contributed by atoms with van der Waals surface area (Å²) in [5.41, 5.74) is 1.19. The standard InChI is InChI=1S/C26H31N2O7P/c1-18(2)34-26(31)24(14-20-10-6-4-7-11-20)28-36(32,35-22-12-8-5-9-13-22)33-17-21-15-27-19(3)25(30)23(21)16-29/h4-13,16,18,21,24,29H,14-15,17H2,1-3H3,(H,28,32)/t21?,24-,36?/m0/s1. The maximum atomic E-state index is 14.0. The minimum absolute atomic E-state index is 0.105. The summed E-state index contributed by atoms with van der Waals surface area (Å²) in [6, 6.07) is 16.6. The van der Waals surface area contributed by atoms with Crippen molar-refractivity contribution in [3.05, 3.63) is 78.1 Å². The van der Waals surface area contributed by atoms with E-state index in [-0.39, 0.29) is 42.7 Å². The predicted molar refractivity (Wildman–Crippen MR) is 136 cm³/mol. The number of nitrogens with one attached hydrogen (secondary N) is 1. The second kappa shape index (κ2) is 12.6. The van der Waals surface area contributed by atoms with Crippen LogP contribution in [0.25, 0.3) is 0 Å². The maximum absolute atomic E-state index is 14.0. The second-order valence-electron chi connectivity index (χ2n) is 8.59. The first-order valence-electron chi connectivity index (χ1n) is 11.6. The minimum Gasteiger partial charge on any atom is -0.515 e. The predicted octanol–water partition coefficient (Wildman–Crippen LogP) is 4.44. The number of ketones is 1. The highest BCUT2D eigenvalue weighted by atomic mass is 31.2. The first-order chi connectivity index (χ1) is 17.2. The van der Waals surface area contributed by atoms with E-state index in [9.17, 15) is 19.3 Å². The van der Waals surface area contributed by atoms with Crippen molar-refractivity contribution in [3.63, 3.8) is 0 Å². The van der Waals surface area contributed by atoms with Gasteiger partial charge in [-0.2, -0.15) is 5.09 Å². The van der Waals surface area contributed by atoms with Crippen LogP contribution in [0.3, 0.4) is 0 Å². The summed E-state index contributed by atoms with van der Waals surface area (Å²) in [4.78, 5) is 29.5. The van der Waals surface area contributed by atoms with Crippen LogP contribution in [0.4, 0.5) is 0 Å². The highest BCUT2D eigenvalue weighted by Crippen LogP contribution is 2.46. The Morgan fingerprint density at radius 1 is 1.17 bits per heavy atom. The smallest absolute Gasteiger partial charge is 0.459 e. The van der Waals surface area contributed by atoms with E-state index in [0.717, 1.165) is 11.8 Å². The molecule has 10 heteroatoms. The SMILES string of the molecule is CC1=NCC(COP(=O)(N[C@@H](Cc2ccccc2)C(=O)OC(C)C)Oc2ccccc2)C(=CO)C1=O. The molecule has 0 aliphatic carbocycles. The van der Waals surface area contributed by atoms with Gasteiger partial charge in [-0.3, -0.25) is 19.1 Å². The maximum Gasteiger partial charge on any atom is 0.459 e. The van der Waals surface area contributed by atoms with Crippen molar-refractivity contribution in [2.45, 2.75) is 39.3 Å². The molecule has 0 radical (unpaired) electrons. The Balaban J connectivity index is 1.87. The number of rotatable bonds is 11. The fourth-order valence-electron chi connectivity index (χ4n) is 3.55. The van der Waals surface area contributed by atoms with Gasteiger partial charge in [0.15, 0.2) is 0 Å². The summed E-state index contributed by atoms with van der Waals surface area (Å²) in [5.74, 6) is -1.41. The molecule has 0 fully saturated rings. The lowest BCUT2D eigenvalue weighted by molar-refractivity contribution is -0.149. The van der Waals surface area contributed by atoms with Crippen LogP contribution < -0.4 is 9.61 Å². The number of Topliss-reactive ketones (excluding diaryl/α,β-unsaturated/α-hetero) is 1. The van der Waals surface area contributed by atoms with Gasteiger partial charge in [-0.25, -0.2) is 4.57 Å². The highest BCUT2D eigenvalue weighted by Gasteiger charge is 2.37. The highest BCUT2D eigenvalue weighted by molar-refractivity contribution is 7.52. The number of ether oxygens (including phenoxy) is 1. The first kappa shape index (κ1) is 27.3.